The molecule has 0 unspecified atom stereocenters. The monoisotopic (exact) mass is 457 g/mol. The molecular weight excluding hydrogens is 430 g/mol. The molecule has 6 nitrogen and oxygen atoms in total. The lowest BCUT2D eigenvalue weighted by Gasteiger charge is -2.30. The van der Waals surface area contributed by atoms with Crippen LogP contribution in [0.1, 0.15) is 32.6 Å². The lowest BCUT2D eigenvalue weighted by Crippen LogP contribution is -2.33. The summed E-state index contributed by atoms with van der Waals surface area (Å²) >= 11 is 0. The predicted molar refractivity (Wildman–Crippen MR) is 130 cm³/mol. The first-order chi connectivity index (χ1) is 16.6. The van der Waals surface area contributed by atoms with Crippen LogP contribution in [0.3, 0.4) is 0 Å². The van der Waals surface area contributed by atoms with Crippen LogP contribution < -0.4 is 18.9 Å². The second-order valence-corrected chi connectivity index (χ2v) is 8.48. The van der Waals surface area contributed by atoms with Gasteiger partial charge in [0.2, 0.25) is 5.78 Å². The molecule has 0 saturated carbocycles. The van der Waals surface area contributed by atoms with E-state index < -0.39 is 0 Å². The summed E-state index contributed by atoms with van der Waals surface area (Å²) in [4.78, 5) is 15.5. The van der Waals surface area contributed by atoms with Gasteiger partial charge in [0.25, 0.3) is 0 Å². The molecule has 0 bridgehead atoms. The highest BCUT2D eigenvalue weighted by molar-refractivity contribution is 6.16. The minimum absolute atomic E-state index is 0.114. The molecule has 34 heavy (non-hydrogen) atoms. The second kappa shape index (κ2) is 9.23. The highest BCUT2D eigenvalue weighted by Gasteiger charge is 2.35. The highest BCUT2D eigenvalue weighted by atomic mass is 16.5. The van der Waals surface area contributed by atoms with Gasteiger partial charge in [-0.15, -0.1) is 0 Å². The van der Waals surface area contributed by atoms with Gasteiger partial charge < -0.3 is 18.9 Å². The summed E-state index contributed by atoms with van der Waals surface area (Å²) in [5.74, 6) is 3.11. The van der Waals surface area contributed by atoms with Gasteiger partial charge in [0.15, 0.2) is 5.76 Å². The van der Waals surface area contributed by atoms with Crippen molar-refractivity contribution >= 4 is 11.9 Å². The van der Waals surface area contributed by atoms with Gasteiger partial charge >= 0.3 is 0 Å². The van der Waals surface area contributed by atoms with Gasteiger partial charge in [0, 0.05) is 18.7 Å². The smallest absolute Gasteiger partial charge is 0.232 e. The molecule has 6 heteroatoms. The van der Waals surface area contributed by atoms with Crippen LogP contribution in [0.25, 0.3) is 6.08 Å². The molecule has 0 fully saturated rings. The average Bonchev–Trinajstić information content (AvgIpc) is 3.20. The van der Waals surface area contributed by atoms with Crippen molar-refractivity contribution in [1.29, 1.82) is 0 Å². The Morgan fingerprint density at radius 2 is 1.85 bits per heavy atom. The summed E-state index contributed by atoms with van der Waals surface area (Å²) in [6, 6.07) is 17.6. The van der Waals surface area contributed by atoms with E-state index in [0.29, 0.717) is 36.1 Å². The molecule has 174 valence electrons. The minimum Gasteiger partial charge on any atom is -0.497 e. The number of allylic oxidation sites excluding steroid dienone is 1. The Kier molecular flexibility index (Phi) is 5.99. The summed E-state index contributed by atoms with van der Waals surface area (Å²) in [6.45, 7) is 3.90. The number of methoxy groups -OCH3 is 2. The molecule has 0 radical (unpaired) electrons. The zero-order valence-electron chi connectivity index (χ0n) is 19.6. The number of carbonyl (C=O) groups is 1. The van der Waals surface area contributed by atoms with Crippen molar-refractivity contribution in [1.82, 2.24) is 4.90 Å². The third-order valence-corrected chi connectivity index (χ3v) is 6.29. The Morgan fingerprint density at radius 3 is 2.62 bits per heavy atom. The molecule has 0 atom stereocenters. The number of aryl methyl sites for hydroxylation is 1. The third-order valence-electron chi connectivity index (χ3n) is 6.29. The molecule has 0 saturated heterocycles. The number of fused-ring (bicyclic) bond motifs is 3. The van der Waals surface area contributed by atoms with Gasteiger partial charge in [0.05, 0.1) is 25.3 Å². The number of ketones is 1. The molecule has 0 aromatic heterocycles. The number of hydrogen-bond acceptors (Lipinski definition) is 6. The number of rotatable bonds is 6. The molecule has 3 aromatic carbocycles. The Bertz CT molecular complexity index is 1260. The van der Waals surface area contributed by atoms with E-state index in [2.05, 4.69) is 17.0 Å². The van der Waals surface area contributed by atoms with Crippen molar-refractivity contribution in [2.45, 2.75) is 19.9 Å². The fourth-order valence-electron chi connectivity index (χ4n) is 4.43. The first kappa shape index (κ1) is 22.0. The van der Waals surface area contributed by atoms with Crippen molar-refractivity contribution in [2.24, 2.45) is 0 Å². The normalized spacial score (nSPS) is 16.0. The fraction of sp³-hybridized carbons (Fsp3) is 0.250. The lowest BCUT2D eigenvalue weighted by molar-refractivity contribution is 0.0949. The Hall–Kier alpha value is -3.77. The Labute approximate surface area is 199 Å². The van der Waals surface area contributed by atoms with E-state index in [-0.39, 0.29) is 5.78 Å². The number of benzene rings is 3. The standard InChI is InChI=1S/C28H27NO5/c1-18-14-24-22(16-29(17-33-24)13-12-19-8-10-21(31-2)11-9-19)28-26(18)27(30)25(34-28)15-20-6-4-5-7-23(20)32-3/h4-11,14-15H,12-13,16-17H2,1-3H3/b25-15+. The lowest BCUT2D eigenvalue weighted by atomic mass is 9.98. The summed E-state index contributed by atoms with van der Waals surface area (Å²) in [6.07, 6.45) is 2.63. The van der Waals surface area contributed by atoms with Crippen LogP contribution in [0.4, 0.5) is 0 Å². The van der Waals surface area contributed by atoms with Crippen molar-refractivity contribution in [2.75, 3.05) is 27.5 Å². The minimum atomic E-state index is -0.114. The summed E-state index contributed by atoms with van der Waals surface area (Å²) in [7, 11) is 3.28. The zero-order valence-corrected chi connectivity index (χ0v) is 19.6. The van der Waals surface area contributed by atoms with Gasteiger partial charge in [-0.25, -0.2) is 0 Å². The molecule has 0 amide bonds. The molecule has 3 aromatic rings. The van der Waals surface area contributed by atoms with Gasteiger partial charge in [-0.05, 0) is 54.8 Å². The Balaban J connectivity index is 1.38. The van der Waals surface area contributed by atoms with E-state index in [4.69, 9.17) is 18.9 Å². The van der Waals surface area contributed by atoms with Crippen LogP contribution in [-0.2, 0) is 13.0 Å². The van der Waals surface area contributed by atoms with Crippen LogP contribution in [-0.4, -0.2) is 38.2 Å². The van der Waals surface area contributed by atoms with Crippen LogP contribution in [0, 0.1) is 6.92 Å². The number of para-hydroxylation sites is 1. The molecular formula is C28H27NO5. The molecule has 0 N–H and O–H groups in total. The Morgan fingerprint density at radius 1 is 1.06 bits per heavy atom. The number of carbonyl (C=O) groups excluding carboxylic acids is 1. The van der Waals surface area contributed by atoms with Gasteiger partial charge in [-0.2, -0.15) is 0 Å². The quantitative estimate of drug-likeness (QED) is 0.485. The largest absolute Gasteiger partial charge is 0.497 e. The maximum atomic E-state index is 13.3. The van der Waals surface area contributed by atoms with E-state index in [1.54, 1.807) is 20.3 Å². The third kappa shape index (κ3) is 4.13. The SMILES string of the molecule is COc1ccc(CCN2COc3cc(C)c4c(c3C2)O/C(=C/c2ccccc2OC)C4=O)cc1. The van der Waals surface area contributed by atoms with Gasteiger partial charge in [0.1, 0.15) is 29.7 Å². The van der Waals surface area contributed by atoms with Crippen LogP contribution in [0.15, 0.2) is 60.4 Å². The molecule has 5 rings (SSSR count). The molecule has 2 aliphatic rings. The first-order valence-electron chi connectivity index (χ1n) is 11.3. The van der Waals surface area contributed by atoms with E-state index in [1.807, 2.05) is 49.4 Å². The molecule has 2 aliphatic heterocycles. The van der Waals surface area contributed by atoms with Gasteiger partial charge in [-0.3, -0.25) is 9.69 Å². The predicted octanol–water partition coefficient (Wildman–Crippen LogP) is 5.02. The summed E-state index contributed by atoms with van der Waals surface area (Å²) in [5, 5.41) is 0. The first-order valence-corrected chi connectivity index (χ1v) is 11.3. The highest BCUT2D eigenvalue weighted by Crippen LogP contribution is 2.44. The van der Waals surface area contributed by atoms with Crippen molar-refractivity contribution < 1.29 is 23.7 Å². The van der Waals surface area contributed by atoms with E-state index in [0.717, 1.165) is 41.2 Å². The fourth-order valence-corrected chi connectivity index (χ4v) is 4.43. The topological polar surface area (TPSA) is 57.2 Å². The van der Waals surface area contributed by atoms with Crippen molar-refractivity contribution in [3.05, 3.63) is 88.2 Å². The number of Topliss-reactive ketones (excluding diaryl/α,β-unsaturated/α-hetero) is 1. The van der Waals surface area contributed by atoms with E-state index in [1.165, 1.54) is 5.56 Å². The number of ether oxygens (including phenoxy) is 4. The maximum absolute atomic E-state index is 13.3. The van der Waals surface area contributed by atoms with Crippen LogP contribution in [0.2, 0.25) is 0 Å². The maximum Gasteiger partial charge on any atom is 0.232 e. The number of nitrogens with zero attached hydrogens (tertiary/aromatic N) is 1. The average molecular weight is 458 g/mol. The molecule has 2 heterocycles. The second-order valence-electron chi connectivity index (χ2n) is 8.48. The van der Waals surface area contributed by atoms with Crippen LogP contribution in [0.5, 0.6) is 23.0 Å². The summed E-state index contributed by atoms with van der Waals surface area (Å²) in [5.41, 5.74) is 4.41. The van der Waals surface area contributed by atoms with Gasteiger partial charge in [-0.1, -0.05) is 30.3 Å². The molecule has 0 aliphatic carbocycles. The molecule has 0 spiro atoms. The van der Waals surface area contributed by atoms with E-state index in [9.17, 15) is 4.79 Å². The van der Waals surface area contributed by atoms with Crippen molar-refractivity contribution in [3.8, 4) is 23.0 Å². The zero-order chi connectivity index (χ0) is 23.7. The van der Waals surface area contributed by atoms with E-state index >= 15 is 0 Å². The van der Waals surface area contributed by atoms with Crippen LogP contribution >= 0.6 is 0 Å². The summed E-state index contributed by atoms with van der Waals surface area (Å²) < 4.78 is 22.9. The van der Waals surface area contributed by atoms with Crippen molar-refractivity contribution in [3.63, 3.8) is 0 Å². The number of hydrogen-bond donors (Lipinski definition) is 0.